The van der Waals surface area contributed by atoms with Crippen molar-refractivity contribution in [3.8, 4) is 0 Å². The maximum absolute atomic E-state index is 12.8. The molecule has 9 nitrogen and oxygen atoms in total. The third-order valence-electron chi connectivity index (χ3n) is 5.51. The monoisotopic (exact) mass is 383 g/mol. The van der Waals surface area contributed by atoms with Gasteiger partial charge in [0.2, 0.25) is 0 Å². The fraction of sp³-hybridized carbons (Fsp3) is 0.579. The van der Waals surface area contributed by atoms with E-state index in [-0.39, 0.29) is 17.9 Å². The number of carbonyl (C=O) groups excluding carboxylic acids is 2. The van der Waals surface area contributed by atoms with Crippen LogP contribution in [0.2, 0.25) is 0 Å². The summed E-state index contributed by atoms with van der Waals surface area (Å²) in [4.78, 5) is 37.1. The van der Waals surface area contributed by atoms with Gasteiger partial charge in [0.25, 0.3) is 11.8 Å². The van der Waals surface area contributed by atoms with Crippen LogP contribution in [0.4, 0.5) is 0 Å². The Labute approximate surface area is 163 Å². The molecule has 2 aliphatic heterocycles. The highest BCUT2D eigenvalue weighted by Gasteiger charge is 2.28. The molecule has 28 heavy (non-hydrogen) atoms. The van der Waals surface area contributed by atoms with E-state index in [1.54, 1.807) is 23.3 Å². The Morgan fingerprint density at radius 3 is 2.61 bits per heavy atom. The molecule has 148 valence electrons. The fourth-order valence-corrected chi connectivity index (χ4v) is 3.99. The van der Waals surface area contributed by atoms with E-state index in [2.05, 4.69) is 20.3 Å². The number of carbonyl (C=O) groups is 2. The number of piperidine rings is 1. The van der Waals surface area contributed by atoms with Gasteiger partial charge in [0, 0.05) is 44.6 Å². The molecule has 1 unspecified atom stereocenters. The Bertz CT molecular complexity index is 817. The lowest BCUT2D eigenvalue weighted by atomic mass is 9.99. The SMILES string of the molecule is O=C(c1cn(CCC2CCCCN2C(=O)c2cnccn2)nn1)N1CCCC1. The summed E-state index contributed by atoms with van der Waals surface area (Å²) >= 11 is 0. The predicted molar refractivity (Wildman–Crippen MR) is 100 cm³/mol. The van der Waals surface area contributed by atoms with E-state index in [0.717, 1.165) is 58.2 Å². The van der Waals surface area contributed by atoms with E-state index in [9.17, 15) is 9.59 Å². The van der Waals surface area contributed by atoms with Gasteiger partial charge < -0.3 is 9.80 Å². The summed E-state index contributed by atoms with van der Waals surface area (Å²) < 4.78 is 1.71. The van der Waals surface area contributed by atoms with Crippen LogP contribution in [0, 0.1) is 0 Å². The van der Waals surface area contributed by atoms with Gasteiger partial charge in [-0.1, -0.05) is 5.21 Å². The highest BCUT2D eigenvalue weighted by Crippen LogP contribution is 2.22. The molecule has 2 fully saturated rings. The first-order valence-electron chi connectivity index (χ1n) is 9.99. The normalized spacial score (nSPS) is 19.8. The Balaban J connectivity index is 1.38. The smallest absolute Gasteiger partial charge is 0.276 e. The van der Waals surface area contributed by atoms with Crippen molar-refractivity contribution in [1.29, 1.82) is 0 Å². The molecule has 2 aliphatic rings. The zero-order chi connectivity index (χ0) is 19.3. The molecule has 1 atom stereocenters. The minimum absolute atomic E-state index is 0.0409. The predicted octanol–water partition coefficient (Wildman–Crippen LogP) is 1.39. The largest absolute Gasteiger partial charge is 0.337 e. The highest BCUT2D eigenvalue weighted by atomic mass is 16.2. The molecular weight excluding hydrogens is 358 g/mol. The average molecular weight is 383 g/mol. The molecule has 0 radical (unpaired) electrons. The summed E-state index contributed by atoms with van der Waals surface area (Å²) in [5.41, 5.74) is 0.784. The molecular formula is C19H25N7O2. The quantitative estimate of drug-likeness (QED) is 0.774. The first kappa shape index (κ1) is 18.5. The summed E-state index contributed by atoms with van der Waals surface area (Å²) in [6.07, 6.45) is 12.3. The molecule has 0 spiro atoms. The van der Waals surface area contributed by atoms with E-state index < -0.39 is 0 Å². The number of aryl methyl sites for hydroxylation is 1. The van der Waals surface area contributed by atoms with E-state index in [1.165, 1.54) is 6.20 Å². The molecule has 0 saturated carbocycles. The van der Waals surface area contributed by atoms with Crippen LogP contribution in [-0.4, -0.2) is 72.3 Å². The van der Waals surface area contributed by atoms with E-state index >= 15 is 0 Å². The first-order valence-corrected chi connectivity index (χ1v) is 9.99. The van der Waals surface area contributed by atoms with Crippen molar-refractivity contribution >= 4 is 11.8 Å². The van der Waals surface area contributed by atoms with Crippen LogP contribution >= 0.6 is 0 Å². The first-order chi connectivity index (χ1) is 13.7. The van der Waals surface area contributed by atoms with Gasteiger partial charge in [0.1, 0.15) is 5.69 Å². The molecule has 0 N–H and O–H groups in total. The fourth-order valence-electron chi connectivity index (χ4n) is 3.99. The van der Waals surface area contributed by atoms with Crippen LogP contribution in [0.25, 0.3) is 0 Å². The number of likely N-dealkylation sites (tertiary alicyclic amines) is 2. The lowest BCUT2D eigenvalue weighted by Gasteiger charge is -2.35. The van der Waals surface area contributed by atoms with Gasteiger partial charge in [-0.25, -0.2) is 4.98 Å². The number of aromatic nitrogens is 5. The lowest BCUT2D eigenvalue weighted by Crippen LogP contribution is -2.44. The van der Waals surface area contributed by atoms with Crippen molar-refractivity contribution in [3.63, 3.8) is 0 Å². The summed E-state index contributed by atoms with van der Waals surface area (Å²) in [6.45, 7) is 2.95. The molecule has 4 heterocycles. The third kappa shape index (κ3) is 4.02. The van der Waals surface area contributed by atoms with Crippen LogP contribution in [0.5, 0.6) is 0 Å². The van der Waals surface area contributed by atoms with Crippen molar-refractivity contribution in [2.45, 2.75) is 51.1 Å². The van der Waals surface area contributed by atoms with Crippen molar-refractivity contribution in [1.82, 2.24) is 34.8 Å². The summed E-state index contributed by atoms with van der Waals surface area (Å²) in [5.74, 6) is -0.109. The van der Waals surface area contributed by atoms with Crippen molar-refractivity contribution < 1.29 is 9.59 Å². The number of hydrogen-bond acceptors (Lipinski definition) is 6. The van der Waals surface area contributed by atoms with Gasteiger partial charge in [0.05, 0.1) is 12.4 Å². The summed E-state index contributed by atoms with van der Waals surface area (Å²) in [5, 5.41) is 8.16. The Kier molecular flexibility index (Phi) is 5.59. The zero-order valence-corrected chi connectivity index (χ0v) is 15.9. The van der Waals surface area contributed by atoms with Crippen LogP contribution in [0.3, 0.4) is 0 Å². The van der Waals surface area contributed by atoms with Crippen LogP contribution in [0.1, 0.15) is 59.5 Å². The van der Waals surface area contributed by atoms with E-state index in [1.807, 2.05) is 9.80 Å². The van der Waals surface area contributed by atoms with E-state index in [4.69, 9.17) is 0 Å². The number of hydrogen-bond donors (Lipinski definition) is 0. The van der Waals surface area contributed by atoms with E-state index in [0.29, 0.717) is 17.9 Å². The van der Waals surface area contributed by atoms with Crippen molar-refractivity contribution in [3.05, 3.63) is 36.2 Å². The summed E-state index contributed by atoms with van der Waals surface area (Å²) in [7, 11) is 0. The maximum Gasteiger partial charge on any atom is 0.276 e. The standard InChI is InChI=1S/C19H25N7O2/c27-18(24-9-3-4-10-24)17-14-25(23-22-17)12-6-15-5-1-2-11-26(15)19(28)16-13-20-7-8-21-16/h7-8,13-15H,1-6,9-12H2. The minimum atomic E-state index is -0.0682. The molecule has 0 aliphatic carbocycles. The molecule has 9 heteroatoms. The topological polar surface area (TPSA) is 97.1 Å². The Hall–Kier alpha value is -2.84. The highest BCUT2D eigenvalue weighted by molar-refractivity contribution is 5.92. The van der Waals surface area contributed by atoms with Gasteiger partial charge >= 0.3 is 0 Å². The molecule has 2 aromatic heterocycles. The van der Waals surface area contributed by atoms with Crippen molar-refractivity contribution in [2.24, 2.45) is 0 Å². The molecule has 0 aromatic carbocycles. The van der Waals surface area contributed by atoms with Gasteiger partial charge in [0.15, 0.2) is 5.69 Å². The van der Waals surface area contributed by atoms with Gasteiger partial charge in [-0.2, -0.15) is 0 Å². The molecule has 2 amide bonds. The van der Waals surface area contributed by atoms with Crippen LogP contribution in [-0.2, 0) is 6.54 Å². The molecule has 4 rings (SSSR count). The van der Waals surface area contributed by atoms with Crippen LogP contribution in [0.15, 0.2) is 24.8 Å². The number of rotatable bonds is 5. The van der Waals surface area contributed by atoms with Gasteiger partial charge in [-0.3, -0.25) is 19.3 Å². The zero-order valence-electron chi connectivity index (χ0n) is 15.9. The lowest BCUT2D eigenvalue weighted by molar-refractivity contribution is 0.0587. The Morgan fingerprint density at radius 1 is 1.00 bits per heavy atom. The second-order valence-corrected chi connectivity index (χ2v) is 7.39. The molecule has 2 aromatic rings. The molecule has 0 bridgehead atoms. The van der Waals surface area contributed by atoms with Gasteiger partial charge in [-0.15, -0.1) is 5.10 Å². The average Bonchev–Trinajstić information content (AvgIpc) is 3.44. The van der Waals surface area contributed by atoms with Gasteiger partial charge in [-0.05, 0) is 38.5 Å². The number of amides is 2. The Morgan fingerprint density at radius 2 is 1.82 bits per heavy atom. The third-order valence-corrected chi connectivity index (χ3v) is 5.51. The van der Waals surface area contributed by atoms with Crippen LogP contribution < -0.4 is 0 Å². The molecule has 2 saturated heterocycles. The van der Waals surface area contributed by atoms with Crippen molar-refractivity contribution in [2.75, 3.05) is 19.6 Å². The minimum Gasteiger partial charge on any atom is -0.337 e. The maximum atomic E-state index is 12.8. The second-order valence-electron chi connectivity index (χ2n) is 7.39. The summed E-state index contributed by atoms with van der Waals surface area (Å²) in [6, 6.07) is 0.130. The number of nitrogens with zero attached hydrogens (tertiary/aromatic N) is 7. The second kappa shape index (κ2) is 8.45.